The second-order valence-electron chi connectivity index (χ2n) is 4.48. The lowest BCUT2D eigenvalue weighted by Gasteiger charge is -2.15. The molecule has 0 fully saturated rings. The predicted octanol–water partition coefficient (Wildman–Crippen LogP) is -2.50. The number of amides is 1. The van der Waals surface area contributed by atoms with Crippen LogP contribution in [0.4, 0.5) is 11.4 Å². The maximum Gasteiger partial charge on any atom is 0.271 e. The second kappa shape index (κ2) is 8.27. The molecule has 1 rings (SSSR count). The average Bonchev–Trinajstić information content (AvgIpc) is 2.45. The maximum absolute atomic E-state index is 11.9. The van der Waals surface area contributed by atoms with Crippen molar-refractivity contribution in [1.82, 2.24) is 0 Å². The monoisotopic (exact) mass is 331 g/mol. The summed E-state index contributed by atoms with van der Waals surface area (Å²) in [6, 6.07) is 2.53. The zero-order valence-corrected chi connectivity index (χ0v) is 12.3. The lowest BCUT2D eigenvalue weighted by atomic mass is 10.2. The van der Waals surface area contributed by atoms with Crippen LogP contribution in [0.3, 0.4) is 0 Å². The van der Waals surface area contributed by atoms with Gasteiger partial charge < -0.3 is 26.3 Å². The molecule has 22 heavy (non-hydrogen) atoms. The summed E-state index contributed by atoms with van der Waals surface area (Å²) in [6.45, 7) is 0.936. The van der Waals surface area contributed by atoms with Crippen molar-refractivity contribution in [3.8, 4) is 0 Å². The minimum atomic E-state index is -1.37. The Morgan fingerprint density at radius 2 is 2.14 bits per heavy atom. The van der Waals surface area contributed by atoms with Gasteiger partial charge in [-0.25, -0.2) is 0 Å². The van der Waals surface area contributed by atoms with E-state index in [4.69, 9.17) is 11.6 Å². The van der Waals surface area contributed by atoms with Gasteiger partial charge in [0.15, 0.2) is 0 Å². The molecule has 1 atom stereocenters. The minimum Gasteiger partial charge on any atom is -0.544 e. The van der Waals surface area contributed by atoms with Crippen LogP contribution in [-0.2, 0) is 9.59 Å². The fraction of sp³-hybridized carbons (Fsp3) is 0.333. The van der Waals surface area contributed by atoms with Gasteiger partial charge in [0.1, 0.15) is 19.1 Å². The van der Waals surface area contributed by atoms with Gasteiger partial charge in [-0.05, 0) is 6.07 Å². The summed E-state index contributed by atoms with van der Waals surface area (Å²) >= 11 is 5.85. The minimum absolute atomic E-state index is 0.0510. The van der Waals surface area contributed by atoms with Gasteiger partial charge in [-0.2, -0.15) is 0 Å². The van der Waals surface area contributed by atoms with E-state index in [1.807, 2.05) is 0 Å². The van der Waals surface area contributed by atoms with E-state index in [2.05, 4.69) is 11.1 Å². The first-order valence-electron chi connectivity index (χ1n) is 6.42. The van der Waals surface area contributed by atoms with Gasteiger partial charge in [-0.15, -0.1) is 0 Å². The van der Waals surface area contributed by atoms with E-state index in [-0.39, 0.29) is 22.8 Å². The van der Waals surface area contributed by atoms with E-state index in [1.165, 1.54) is 17.4 Å². The number of nitro groups is 1. The van der Waals surface area contributed by atoms with E-state index >= 15 is 0 Å². The highest BCUT2D eigenvalue weighted by Crippen LogP contribution is 2.26. The zero-order valence-electron chi connectivity index (χ0n) is 11.6. The number of quaternary nitrogens is 2. The molecular formula is C12H16ClN4O5+. The molecule has 0 radical (unpaired) electrons. The first kappa shape index (κ1) is 17.8. The molecule has 1 amide bonds. The molecule has 1 aromatic carbocycles. The number of benzene rings is 1. The molecule has 0 spiro atoms. The van der Waals surface area contributed by atoms with E-state index < -0.39 is 22.8 Å². The van der Waals surface area contributed by atoms with E-state index in [9.17, 15) is 24.8 Å². The number of nitrogens with one attached hydrogen (secondary N) is 1. The molecule has 9 nitrogen and oxygen atoms in total. The Hall–Kier alpha value is -2.23. The van der Waals surface area contributed by atoms with Gasteiger partial charge in [-0.1, -0.05) is 11.6 Å². The number of carbonyl (C=O) groups is 2. The van der Waals surface area contributed by atoms with Crippen LogP contribution in [0.2, 0.25) is 5.02 Å². The molecule has 10 heteroatoms. The number of hydrogen-bond acceptors (Lipinski definition) is 5. The highest BCUT2D eigenvalue weighted by molar-refractivity contribution is 6.33. The van der Waals surface area contributed by atoms with Crippen LogP contribution in [0.25, 0.3) is 0 Å². The molecule has 0 aliphatic carbocycles. The fourth-order valence-electron chi connectivity index (χ4n) is 1.71. The zero-order chi connectivity index (χ0) is 16.7. The number of rotatable bonds is 8. The molecule has 0 saturated heterocycles. The number of anilines is 1. The summed E-state index contributed by atoms with van der Waals surface area (Å²) in [5, 5.41) is 25.6. The van der Waals surface area contributed by atoms with Gasteiger partial charge in [0.05, 0.1) is 28.0 Å². The fourth-order valence-corrected chi connectivity index (χ4v) is 1.87. The number of carbonyl (C=O) groups excluding carboxylic acids is 2. The number of non-ortho nitro benzene ring substituents is 1. The van der Waals surface area contributed by atoms with Gasteiger partial charge in [-0.3, -0.25) is 14.9 Å². The Balaban J connectivity index is 2.77. The Morgan fingerprint density at radius 3 is 2.68 bits per heavy atom. The van der Waals surface area contributed by atoms with Crippen molar-refractivity contribution < 1.29 is 30.7 Å². The Bertz CT molecular complexity index is 581. The third kappa shape index (κ3) is 5.28. The highest BCUT2D eigenvalue weighted by atomic mass is 35.5. The van der Waals surface area contributed by atoms with Crippen LogP contribution < -0.4 is 21.5 Å². The van der Waals surface area contributed by atoms with E-state index in [0.717, 1.165) is 6.07 Å². The third-order valence-corrected chi connectivity index (χ3v) is 3.13. The number of nitrogens with two attached hydrogens (primary N) is 1. The Labute approximate surface area is 130 Å². The standard InChI is InChI=1S/C12H15ClN4O5/c13-8-2-1-7(17(21)22)5-9(8)16-11(18)6-10(12(19)20)15-4-3-14/h1-2,5,10,15H,3-4,6,14H2,(H,16,18)(H,19,20)/p+1/t10-/m0/s1. The molecule has 0 unspecified atom stereocenters. The normalized spacial score (nSPS) is 11.7. The molecule has 0 aromatic heterocycles. The van der Waals surface area contributed by atoms with Crippen molar-refractivity contribution in [3.05, 3.63) is 33.3 Å². The molecule has 0 aliphatic rings. The Kier molecular flexibility index (Phi) is 6.70. The summed E-state index contributed by atoms with van der Waals surface area (Å²) in [5.41, 5.74) is 3.39. The van der Waals surface area contributed by atoms with Crippen molar-refractivity contribution in [2.45, 2.75) is 12.5 Å². The lowest BCUT2D eigenvalue weighted by Crippen LogP contribution is -2.95. The number of nitrogens with zero attached hydrogens (tertiary/aromatic N) is 1. The lowest BCUT2D eigenvalue weighted by molar-refractivity contribution is -0.695. The Morgan fingerprint density at radius 1 is 1.45 bits per heavy atom. The van der Waals surface area contributed by atoms with Gasteiger partial charge >= 0.3 is 0 Å². The predicted molar refractivity (Wildman–Crippen MR) is 74.7 cm³/mol. The molecule has 0 heterocycles. The van der Waals surface area contributed by atoms with Gasteiger partial charge in [0, 0.05) is 12.1 Å². The largest absolute Gasteiger partial charge is 0.544 e. The number of nitro benzene ring substituents is 1. The van der Waals surface area contributed by atoms with Crippen molar-refractivity contribution in [2.75, 3.05) is 18.4 Å². The molecule has 120 valence electrons. The summed E-state index contributed by atoms with van der Waals surface area (Å²) in [5.74, 6) is -1.99. The number of halogens is 1. The molecule has 0 bridgehead atoms. The van der Waals surface area contributed by atoms with Crippen LogP contribution in [0.5, 0.6) is 0 Å². The van der Waals surface area contributed by atoms with Crippen molar-refractivity contribution >= 4 is 34.9 Å². The molecular weight excluding hydrogens is 316 g/mol. The van der Waals surface area contributed by atoms with Crippen molar-refractivity contribution in [1.29, 1.82) is 0 Å². The molecule has 0 saturated carbocycles. The van der Waals surface area contributed by atoms with E-state index in [0.29, 0.717) is 13.1 Å². The topological polar surface area (TPSA) is 157 Å². The summed E-state index contributed by atoms with van der Waals surface area (Å²) in [6.07, 6.45) is -0.346. The van der Waals surface area contributed by atoms with Gasteiger partial charge in [0.2, 0.25) is 5.91 Å². The van der Waals surface area contributed by atoms with Crippen LogP contribution in [0.15, 0.2) is 18.2 Å². The average molecular weight is 332 g/mol. The molecule has 6 N–H and O–H groups in total. The number of hydrogen-bond donors (Lipinski definition) is 3. The highest BCUT2D eigenvalue weighted by Gasteiger charge is 2.19. The quantitative estimate of drug-likeness (QED) is 0.354. The summed E-state index contributed by atoms with van der Waals surface area (Å²) < 4.78 is 0. The smallest absolute Gasteiger partial charge is 0.271 e. The first-order valence-corrected chi connectivity index (χ1v) is 6.80. The second-order valence-corrected chi connectivity index (χ2v) is 4.88. The van der Waals surface area contributed by atoms with Crippen LogP contribution in [0.1, 0.15) is 6.42 Å². The number of carboxylic acid groups (broad SMARTS) is 1. The number of carboxylic acids is 1. The number of aliphatic carboxylic acids is 1. The summed E-state index contributed by atoms with van der Waals surface area (Å²) in [4.78, 5) is 32.9. The van der Waals surface area contributed by atoms with Crippen LogP contribution >= 0.6 is 11.6 Å². The third-order valence-electron chi connectivity index (χ3n) is 2.80. The SMILES string of the molecule is [NH3+]CC[NH2+][C@@H](CC(=O)Nc1cc([N+](=O)[O-])ccc1Cl)C(=O)[O-]. The molecule has 0 aliphatic heterocycles. The van der Waals surface area contributed by atoms with Crippen LogP contribution in [0, 0.1) is 10.1 Å². The first-order chi connectivity index (χ1) is 10.3. The van der Waals surface area contributed by atoms with E-state index in [1.54, 1.807) is 0 Å². The maximum atomic E-state index is 11.9. The summed E-state index contributed by atoms with van der Waals surface area (Å²) in [7, 11) is 0. The van der Waals surface area contributed by atoms with Crippen molar-refractivity contribution in [3.63, 3.8) is 0 Å². The van der Waals surface area contributed by atoms with Gasteiger partial charge in [0.25, 0.3) is 5.69 Å². The van der Waals surface area contributed by atoms with Crippen molar-refractivity contribution in [2.24, 2.45) is 0 Å². The molecule has 1 aromatic rings. The van der Waals surface area contributed by atoms with Crippen LogP contribution in [-0.4, -0.2) is 35.9 Å².